The van der Waals surface area contributed by atoms with Crippen LogP contribution >= 0.6 is 0 Å². The second-order valence-electron chi connectivity index (χ2n) is 6.81. The number of nitrogens with zero attached hydrogens (tertiary/aromatic N) is 1. The Morgan fingerprint density at radius 1 is 1.36 bits per heavy atom. The molecule has 1 unspecified atom stereocenters. The third-order valence-corrected chi connectivity index (χ3v) is 4.73. The number of carbonyl (C=O) groups is 2. The Hall–Kier alpha value is -1.14. The van der Waals surface area contributed by atoms with Crippen LogP contribution < -0.4 is 10.6 Å². The number of esters is 1. The standard InChI is InChI=1S/C16H29N3O3/c1-3-22-14(20)10-18-15(21)13-4-8-19(9-5-13)12-16(2)6-7-17-11-16/h13,17H,3-12H2,1-2H3,(H,18,21). The second kappa shape index (κ2) is 7.92. The minimum Gasteiger partial charge on any atom is -0.465 e. The number of hydrogen-bond donors (Lipinski definition) is 2. The average Bonchev–Trinajstić information content (AvgIpc) is 2.92. The van der Waals surface area contributed by atoms with Gasteiger partial charge in [0.2, 0.25) is 5.91 Å². The van der Waals surface area contributed by atoms with Crippen LogP contribution in [-0.4, -0.2) is 62.7 Å². The van der Waals surface area contributed by atoms with Gasteiger partial charge in [-0.3, -0.25) is 9.59 Å². The third kappa shape index (κ3) is 4.95. The zero-order chi connectivity index (χ0) is 16.0. The predicted molar refractivity (Wildman–Crippen MR) is 84.4 cm³/mol. The summed E-state index contributed by atoms with van der Waals surface area (Å²) in [7, 11) is 0. The summed E-state index contributed by atoms with van der Waals surface area (Å²) in [6.07, 6.45) is 2.98. The highest BCUT2D eigenvalue weighted by Gasteiger charge is 2.33. The van der Waals surface area contributed by atoms with Gasteiger partial charge in [-0.15, -0.1) is 0 Å². The molecule has 0 aromatic rings. The van der Waals surface area contributed by atoms with Crippen molar-refractivity contribution in [3.8, 4) is 0 Å². The summed E-state index contributed by atoms with van der Waals surface area (Å²) >= 11 is 0. The summed E-state index contributed by atoms with van der Waals surface area (Å²) in [6.45, 7) is 9.67. The molecule has 2 aliphatic rings. The molecule has 2 N–H and O–H groups in total. The van der Waals surface area contributed by atoms with Crippen LogP contribution in [0.1, 0.15) is 33.1 Å². The normalized spacial score (nSPS) is 26.8. The number of piperidine rings is 1. The molecule has 6 nitrogen and oxygen atoms in total. The van der Waals surface area contributed by atoms with Crippen molar-refractivity contribution in [1.82, 2.24) is 15.5 Å². The lowest BCUT2D eigenvalue weighted by Gasteiger charge is -2.36. The fourth-order valence-electron chi connectivity index (χ4n) is 3.41. The molecule has 6 heteroatoms. The van der Waals surface area contributed by atoms with Crippen molar-refractivity contribution >= 4 is 11.9 Å². The van der Waals surface area contributed by atoms with Crippen LogP contribution in [0.4, 0.5) is 0 Å². The summed E-state index contributed by atoms with van der Waals surface area (Å²) in [6, 6.07) is 0. The molecule has 2 rings (SSSR count). The zero-order valence-corrected chi connectivity index (χ0v) is 13.8. The van der Waals surface area contributed by atoms with Gasteiger partial charge in [-0.05, 0) is 51.2 Å². The summed E-state index contributed by atoms with van der Waals surface area (Å²) in [5.74, 6) is -0.350. The molecule has 1 atom stereocenters. The molecule has 22 heavy (non-hydrogen) atoms. The molecule has 0 aromatic carbocycles. The van der Waals surface area contributed by atoms with Crippen LogP contribution in [0.2, 0.25) is 0 Å². The van der Waals surface area contributed by atoms with Crippen LogP contribution in [0, 0.1) is 11.3 Å². The number of hydrogen-bond acceptors (Lipinski definition) is 5. The third-order valence-electron chi connectivity index (χ3n) is 4.73. The Bertz CT molecular complexity index is 386. The van der Waals surface area contributed by atoms with Crippen molar-refractivity contribution < 1.29 is 14.3 Å². The largest absolute Gasteiger partial charge is 0.465 e. The first-order valence-electron chi connectivity index (χ1n) is 8.39. The van der Waals surface area contributed by atoms with Gasteiger partial charge in [0, 0.05) is 19.0 Å². The topological polar surface area (TPSA) is 70.7 Å². The summed E-state index contributed by atoms with van der Waals surface area (Å²) in [5, 5.41) is 6.12. The van der Waals surface area contributed by atoms with Crippen molar-refractivity contribution in [2.75, 3.05) is 45.9 Å². The second-order valence-corrected chi connectivity index (χ2v) is 6.81. The highest BCUT2D eigenvalue weighted by molar-refractivity contribution is 5.83. The number of amides is 1. The quantitative estimate of drug-likeness (QED) is 0.694. The molecule has 1 amide bonds. The molecule has 2 fully saturated rings. The number of nitrogens with one attached hydrogen (secondary N) is 2. The van der Waals surface area contributed by atoms with E-state index < -0.39 is 0 Å². The van der Waals surface area contributed by atoms with Crippen LogP contribution in [0.15, 0.2) is 0 Å². The van der Waals surface area contributed by atoms with E-state index in [9.17, 15) is 9.59 Å². The van der Waals surface area contributed by atoms with E-state index in [0.717, 1.165) is 45.6 Å². The summed E-state index contributed by atoms with van der Waals surface area (Å²) in [4.78, 5) is 25.8. The lowest BCUT2D eigenvalue weighted by atomic mass is 9.87. The smallest absolute Gasteiger partial charge is 0.325 e. The minimum absolute atomic E-state index is 0.0125. The maximum Gasteiger partial charge on any atom is 0.325 e. The fourth-order valence-corrected chi connectivity index (χ4v) is 3.41. The Morgan fingerprint density at radius 2 is 2.09 bits per heavy atom. The Balaban J connectivity index is 1.68. The first kappa shape index (κ1) is 17.2. The van der Waals surface area contributed by atoms with Gasteiger partial charge in [-0.2, -0.15) is 0 Å². The molecule has 2 heterocycles. The molecule has 0 aliphatic carbocycles. The number of ether oxygens (including phenoxy) is 1. The molecular formula is C16H29N3O3. The first-order chi connectivity index (χ1) is 10.5. The highest BCUT2D eigenvalue weighted by Crippen LogP contribution is 2.28. The summed E-state index contributed by atoms with van der Waals surface area (Å²) in [5.41, 5.74) is 0.374. The zero-order valence-electron chi connectivity index (χ0n) is 13.8. The lowest BCUT2D eigenvalue weighted by Crippen LogP contribution is -2.45. The Kier molecular flexibility index (Phi) is 6.20. The van der Waals surface area contributed by atoms with Crippen molar-refractivity contribution in [1.29, 1.82) is 0 Å². The van der Waals surface area contributed by atoms with E-state index in [1.165, 1.54) is 6.42 Å². The van der Waals surface area contributed by atoms with E-state index in [-0.39, 0.29) is 24.3 Å². The molecule has 2 aliphatic heterocycles. The van der Waals surface area contributed by atoms with E-state index in [4.69, 9.17) is 4.74 Å². The Morgan fingerprint density at radius 3 is 2.68 bits per heavy atom. The lowest BCUT2D eigenvalue weighted by molar-refractivity contribution is -0.144. The summed E-state index contributed by atoms with van der Waals surface area (Å²) < 4.78 is 4.81. The molecule has 0 radical (unpaired) electrons. The monoisotopic (exact) mass is 311 g/mol. The van der Waals surface area contributed by atoms with E-state index in [0.29, 0.717) is 12.0 Å². The van der Waals surface area contributed by atoms with Gasteiger partial charge >= 0.3 is 5.97 Å². The van der Waals surface area contributed by atoms with Crippen molar-refractivity contribution in [3.05, 3.63) is 0 Å². The molecule has 0 bridgehead atoms. The molecule has 2 saturated heterocycles. The van der Waals surface area contributed by atoms with Gasteiger partial charge < -0.3 is 20.3 Å². The van der Waals surface area contributed by atoms with Gasteiger partial charge in [0.1, 0.15) is 6.54 Å². The van der Waals surface area contributed by atoms with E-state index in [1.54, 1.807) is 6.92 Å². The van der Waals surface area contributed by atoms with Gasteiger partial charge in [-0.1, -0.05) is 6.92 Å². The first-order valence-corrected chi connectivity index (χ1v) is 8.39. The van der Waals surface area contributed by atoms with Crippen molar-refractivity contribution in [3.63, 3.8) is 0 Å². The molecule has 0 aromatic heterocycles. The molecule has 126 valence electrons. The minimum atomic E-state index is -0.366. The van der Waals surface area contributed by atoms with E-state index in [1.807, 2.05) is 0 Å². The van der Waals surface area contributed by atoms with Crippen LogP contribution in [0.3, 0.4) is 0 Å². The van der Waals surface area contributed by atoms with Gasteiger partial charge in [-0.25, -0.2) is 0 Å². The molecule has 0 saturated carbocycles. The highest BCUT2D eigenvalue weighted by atomic mass is 16.5. The van der Waals surface area contributed by atoms with Crippen molar-refractivity contribution in [2.45, 2.75) is 33.1 Å². The van der Waals surface area contributed by atoms with Gasteiger partial charge in [0.05, 0.1) is 6.61 Å². The molecule has 0 spiro atoms. The van der Waals surface area contributed by atoms with Crippen LogP contribution in [0.5, 0.6) is 0 Å². The van der Waals surface area contributed by atoms with Crippen molar-refractivity contribution in [2.24, 2.45) is 11.3 Å². The number of likely N-dealkylation sites (tertiary alicyclic amines) is 1. The number of carbonyl (C=O) groups excluding carboxylic acids is 2. The maximum absolute atomic E-state index is 12.1. The van der Waals surface area contributed by atoms with E-state index in [2.05, 4.69) is 22.5 Å². The average molecular weight is 311 g/mol. The number of rotatable bonds is 6. The SMILES string of the molecule is CCOC(=O)CNC(=O)C1CCN(CC2(C)CCNC2)CC1. The van der Waals surface area contributed by atoms with E-state index >= 15 is 0 Å². The van der Waals surface area contributed by atoms with Crippen LogP contribution in [0.25, 0.3) is 0 Å². The maximum atomic E-state index is 12.1. The Labute approximate surface area is 132 Å². The fraction of sp³-hybridized carbons (Fsp3) is 0.875. The van der Waals surface area contributed by atoms with Crippen LogP contribution in [-0.2, 0) is 14.3 Å². The van der Waals surface area contributed by atoms with Gasteiger partial charge in [0.15, 0.2) is 0 Å². The van der Waals surface area contributed by atoms with Gasteiger partial charge in [0.25, 0.3) is 0 Å². The predicted octanol–water partition coefficient (Wildman–Crippen LogP) is 0.377. The molecular weight excluding hydrogens is 282 g/mol.